The standard InChI is InChI=1S/C14H22N2O3S2/c1-9-5-10(2)7-16(6-9)13(17)12(4)21(18,19)14-15-11(3)8-20-14/h8-10,12H,5-7H2,1-4H3/t9-,10+,12-/m0/s1. The van der Waals surface area contributed by atoms with Gasteiger partial charge in [0.2, 0.25) is 20.1 Å². The Balaban J connectivity index is 2.19. The summed E-state index contributed by atoms with van der Waals surface area (Å²) in [4.78, 5) is 18.3. The van der Waals surface area contributed by atoms with Crippen molar-refractivity contribution < 1.29 is 13.2 Å². The molecule has 1 aromatic rings. The topological polar surface area (TPSA) is 67.3 Å². The van der Waals surface area contributed by atoms with Crippen molar-refractivity contribution in [1.82, 2.24) is 9.88 Å². The molecule has 1 fully saturated rings. The Labute approximate surface area is 130 Å². The quantitative estimate of drug-likeness (QED) is 0.851. The predicted molar refractivity (Wildman–Crippen MR) is 83.0 cm³/mol. The van der Waals surface area contributed by atoms with Crippen molar-refractivity contribution in [2.24, 2.45) is 11.8 Å². The predicted octanol–water partition coefficient (Wildman–Crippen LogP) is 2.12. The van der Waals surface area contributed by atoms with Crippen LogP contribution in [-0.4, -0.2) is 42.5 Å². The molecule has 2 rings (SSSR count). The molecule has 0 radical (unpaired) electrons. The Morgan fingerprint density at radius 2 is 1.95 bits per heavy atom. The maximum atomic E-state index is 12.5. The van der Waals surface area contributed by atoms with Crippen LogP contribution in [0.3, 0.4) is 0 Å². The molecule has 3 atom stereocenters. The number of likely N-dealkylation sites (tertiary alicyclic amines) is 1. The van der Waals surface area contributed by atoms with Gasteiger partial charge in [0.1, 0.15) is 5.25 Å². The van der Waals surface area contributed by atoms with Crippen LogP contribution in [-0.2, 0) is 14.6 Å². The number of carbonyl (C=O) groups is 1. The fraction of sp³-hybridized carbons (Fsp3) is 0.714. The normalized spacial score (nSPS) is 24.9. The van der Waals surface area contributed by atoms with Crippen LogP contribution in [0, 0.1) is 18.8 Å². The van der Waals surface area contributed by atoms with Crippen LogP contribution >= 0.6 is 11.3 Å². The van der Waals surface area contributed by atoms with Gasteiger partial charge in [0.15, 0.2) is 0 Å². The summed E-state index contributed by atoms with van der Waals surface area (Å²) in [5.74, 6) is 0.519. The van der Waals surface area contributed by atoms with Gasteiger partial charge in [-0.1, -0.05) is 13.8 Å². The minimum absolute atomic E-state index is 0.0407. The fourth-order valence-corrected chi connectivity index (χ4v) is 5.47. The number of rotatable bonds is 3. The number of aromatic nitrogens is 1. The van der Waals surface area contributed by atoms with Crippen molar-refractivity contribution >= 4 is 27.1 Å². The van der Waals surface area contributed by atoms with Crippen molar-refractivity contribution in [2.75, 3.05) is 13.1 Å². The lowest BCUT2D eigenvalue weighted by Gasteiger charge is -2.36. The Kier molecular flexibility index (Phi) is 4.72. The minimum atomic E-state index is -3.69. The fourth-order valence-electron chi connectivity index (χ4n) is 2.85. The number of aryl methyl sites for hydroxylation is 1. The van der Waals surface area contributed by atoms with Gasteiger partial charge in [-0.05, 0) is 32.1 Å². The lowest BCUT2D eigenvalue weighted by atomic mass is 9.92. The molecule has 1 aliphatic heterocycles. The van der Waals surface area contributed by atoms with Crippen LogP contribution in [0.5, 0.6) is 0 Å². The van der Waals surface area contributed by atoms with E-state index >= 15 is 0 Å². The third-order valence-corrected chi connectivity index (χ3v) is 7.28. The molecule has 0 saturated carbocycles. The third kappa shape index (κ3) is 3.45. The van der Waals surface area contributed by atoms with Crippen LogP contribution < -0.4 is 0 Å². The molecule has 1 saturated heterocycles. The van der Waals surface area contributed by atoms with Gasteiger partial charge in [-0.25, -0.2) is 13.4 Å². The SMILES string of the molecule is Cc1csc(S(=O)(=O)[C@@H](C)C(=O)N2C[C@H](C)C[C@H](C)C2)n1. The second-order valence-electron chi connectivity index (χ2n) is 6.13. The maximum absolute atomic E-state index is 12.5. The smallest absolute Gasteiger partial charge is 0.241 e. The largest absolute Gasteiger partial charge is 0.341 e. The zero-order valence-electron chi connectivity index (χ0n) is 12.9. The Morgan fingerprint density at radius 3 is 2.43 bits per heavy atom. The monoisotopic (exact) mass is 330 g/mol. The minimum Gasteiger partial charge on any atom is -0.341 e. The molecule has 1 aromatic heterocycles. The Morgan fingerprint density at radius 1 is 1.38 bits per heavy atom. The van der Waals surface area contributed by atoms with Crippen LogP contribution in [0.25, 0.3) is 0 Å². The maximum Gasteiger partial charge on any atom is 0.241 e. The number of nitrogens with zero attached hydrogens (tertiary/aromatic N) is 2. The molecule has 2 heterocycles. The van der Waals surface area contributed by atoms with Gasteiger partial charge in [0, 0.05) is 24.2 Å². The molecule has 1 aliphatic rings. The number of piperidine rings is 1. The summed E-state index contributed by atoms with van der Waals surface area (Å²) >= 11 is 1.08. The molecule has 7 heteroatoms. The first-order valence-electron chi connectivity index (χ1n) is 7.16. The van der Waals surface area contributed by atoms with E-state index < -0.39 is 15.1 Å². The molecular weight excluding hydrogens is 308 g/mol. The summed E-state index contributed by atoms with van der Waals surface area (Å²) in [7, 11) is -3.69. The number of amides is 1. The van der Waals surface area contributed by atoms with Gasteiger partial charge in [0.05, 0.1) is 0 Å². The van der Waals surface area contributed by atoms with Gasteiger partial charge in [-0.3, -0.25) is 4.79 Å². The van der Waals surface area contributed by atoms with E-state index in [2.05, 4.69) is 18.8 Å². The van der Waals surface area contributed by atoms with Gasteiger partial charge < -0.3 is 4.90 Å². The van der Waals surface area contributed by atoms with E-state index in [-0.39, 0.29) is 10.2 Å². The molecule has 0 aliphatic carbocycles. The molecule has 0 bridgehead atoms. The van der Waals surface area contributed by atoms with E-state index in [4.69, 9.17) is 0 Å². The lowest BCUT2D eigenvalue weighted by Crippen LogP contribution is -2.48. The molecule has 0 N–H and O–H groups in total. The molecule has 1 amide bonds. The lowest BCUT2D eigenvalue weighted by molar-refractivity contribution is -0.133. The summed E-state index contributed by atoms with van der Waals surface area (Å²) < 4.78 is 25.0. The second-order valence-corrected chi connectivity index (χ2v) is 9.43. The van der Waals surface area contributed by atoms with Crippen LogP contribution in [0.15, 0.2) is 9.72 Å². The van der Waals surface area contributed by atoms with E-state index in [9.17, 15) is 13.2 Å². The Hall–Kier alpha value is -0.950. The zero-order chi connectivity index (χ0) is 15.8. The summed E-state index contributed by atoms with van der Waals surface area (Å²) in [6.45, 7) is 8.69. The Bertz CT molecular complexity index is 614. The van der Waals surface area contributed by atoms with Crippen LogP contribution in [0.2, 0.25) is 0 Å². The molecule has 0 aromatic carbocycles. The van der Waals surface area contributed by atoms with Gasteiger partial charge in [-0.15, -0.1) is 11.3 Å². The van der Waals surface area contributed by atoms with Crippen molar-refractivity contribution in [3.8, 4) is 0 Å². The highest BCUT2D eigenvalue weighted by Crippen LogP contribution is 2.25. The number of thiazole rings is 1. The molecule has 118 valence electrons. The van der Waals surface area contributed by atoms with Crippen molar-refractivity contribution in [1.29, 1.82) is 0 Å². The molecular formula is C14H22N2O3S2. The average Bonchev–Trinajstić information content (AvgIpc) is 2.83. The average molecular weight is 330 g/mol. The van der Waals surface area contributed by atoms with Gasteiger partial charge in [-0.2, -0.15) is 0 Å². The highest BCUT2D eigenvalue weighted by Gasteiger charge is 2.37. The summed E-state index contributed by atoms with van der Waals surface area (Å²) in [5.41, 5.74) is 0.665. The summed E-state index contributed by atoms with van der Waals surface area (Å²) in [6.07, 6.45) is 1.08. The summed E-state index contributed by atoms with van der Waals surface area (Å²) in [5, 5.41) is 0.621. The molecule has 5 nitrogen and oxygen atoms in total. The zero-order valence-corrected chi connectivity index (χ0v) is 14.5. The number of hydrogen-bond acceptors (Lipinski definition) is 5. The number of hydrogen-bond donors (Lipinski definition) is 0. The second kappa shape index (κ2) is 6.04. The molecule has 0 unspecified atom stereocenters. The van der Waals surface area contributed by atoms with E-state index in [1.807, 2.05) is 0 Å². The number of sulfone groups is 1. The van der Waals surface area contributed by atoms with Crippen LogP contribution in [0.4, 0.5) is 0 Å². The highest BCUT2D eigenvalue weighted by atomic mass is 32.2. The summed E-state index contributed by atoms with van der Waals surface area (Å²) in [6, 6.07) is 0. The number of carbonyl (C=O) groups excluding carboxylic acids is 1. The third-order valence-electron chi connectivity index (χ3n) is 3.84. The van der Waals surface area contributed by atoms with Gasteiger partial charge in [0.25, 0.3) is 0 Å². The van der Waals surface area contributed by atoms with E-state index in [0.717, 1.165) is 17.8 Å². The first kappa shape index (κ1) is 16.4. The highest BCUT2D eigenvalue weighted by molar-refractivity contribution is 7.94. The van der Waals surface area contributed by atoms with E-state index in [0.29, 0.717) is 30.6 Å². The van der Waals surface area contributed by atoms with Crippen molar-refractivity contribution in [3.63, 3.8) is 0 Å². The first-order chi connectivity index (χ1) is 9.71. The molecule has 0 spiro atoms. The van der Waals surface area contributed by atoms with E-state index in [1.165, 1.54) is 6.92 Å². The molecule has 21 heavy (non-hydrogen) atoms. The van der Waals surface area contributed by atoms with Crippen molar-refractivity contribution in [2.45, 2.75) is 43.7 Å². The first-order valence-corrected chi connectivity index (χ1v) is 9.59. The van der Waals surface area contributed by atoms with E-state index in [1.54, 1.807) is 17.2 Å². The van der Waals surface area contributed by atoms with Crippen molar-refractivity contribution in [3.05, 3.63) is 11.1 Å². The van der Waals surface area contributed by atoms with Gasteiger partial charge >= 0.3 is 0 Å². The van der Waals surface area contributed by atoms with Crippen LogP contribution in [0.1, 0.15) is 32.9 Å².